The zero-order chi connectivity index (χ0) is 16.4. The Morgan fingerprint density at radius 1 is 1.04 bits per heavy atom. The van der Waals surface area contributed by atoms with E-state index in [0.717, 1.165) is 43.8 Å². The Morgan fingerprint density at radius 3 is 2.38 bits per heavy atom. The van der Waals surface area contributed by atoms with E-state index < -0.39 is 0 Å². The minimum absolute atomic E-state index is 0.0458. The van der Waals surface area contributed by atoms with Gasteiger partial charge in [0.15, 0.2) is 5.76 Å². The van der Waals surface area contributed by atoms with Crippen LogP contribution >= 0.6 is 0 Å². The van der Waals surface area contributed by atoms with Crippen LogP contribution in [0.3, 0.4) is 0 Å². The van der Waals surface area contributed by atoms with E-state index in [2.05, 4.69) is 5.32 Å². The lowest BCUT2D eigenvalue weighted by atomic mass is 9.81. The van der Waals surface area contributed by atoms with E-state index >= 15 is 0 Å². The molecule has 24 heavy (non-hydrogen) atoms. The Hall–Kier alpha value is -1.29. The monoisotopic (exact) mass is 330 g/mol. The SMILES string of the molecule is O=C(c1ccco1)N1CCC(N[C@H](C2CCCCC2)C2CC2)CC1. The molecule has 0 unspecified atom stereocenters. The highest BCUT2D eigenvalue weighted by Crippen LogP contribution is 2.40. The van der Waals surface area contributed by atoms with Crippen molar-refractivity contribution in [1.82, 2.24) is 10.2 Å². The molecule has 4 rings (SSSR count). The Bertz CT molecular complexity index is 524. The van der Waals surface area contributed by atoms with E-state index in [1.54, 1.807) is 18.4 Å². The molecule has 4 heteroatoms. The first-order chi connectivity index (χ1) is 11.8. The van der Waals surface area contributed by atoms with E-state index in [1.807, 2.05) is 4.90 Å². The van der Waals surface area contributed by atoms with E-state index in [-0.39, 0.29) is 5.91 Å². The van der Waals surface area contributed by atoms with Crippen molar-refractivity contribution >= 4 is 5.91 Å². The normalized spacial score (nSPS) is 24.9. The standard InChI is InChI=1S/C20H30N2O2/c23-20(18-7-4-14-24-18)22-12-10-17(11-13-22)21-19(16-8-9-16)15-5-2-1-3-6-15/h4,7,14-17,19,21H,1-3,5-6,8-13H2/t19-/m1/s1. The van der Waals surface area contributed by atoms with Gasteiger partial charge in [-0.05, 0) is 62.5 Å². The molecule has 2 heterocycles. The van der Waals surface area contributed by atoms with Crippen molar-refractivity contribution in [1.29, 1.82) is 0 Å². The third-order valence-electron chi connectivity index (χ3n) is 6.23. The van der Waals surface area contributed by atoms with Crippen LogP contribution in [0.2, 0.25) is 0 Å². The second-order valence-corrected chi connectivity index (χ2v) is 7.97. The highest BCUT2D eigenvalue weighted by atomic mass is 16.3. The van der Waals surface area contributed by atoms with Crippen molar-refractivity contribution in [2.75, 3.05) is 13.1 Å². The number of nitrogens with zero attached hydrogens (tertiary/aromatic N) is 1. The fourth-order valence-corrected chi connectivity index (χ4v) is 4.68. The van der Waals surface area contributed by atoms with Crippen molar-refractivity contribution in [3.8, 4) is 0 Å². The molecule has 0 spiro atoms. The third-order valence-corrected chi connectivity index (χ3v) is 6.23. The second kappa shape index (κ2) is 7.30. The molecule has 1 atom stereocenters. The van der Waals surface area contributed by atoms with E-state index in [0.29, 0.717) is 11.8 Å². The fraction of sp³-hybridized carbons (Fsp3) is 0.750. The van der Waals surface area contributed by atoms with E-state index in [1.165, 1.54) is 44.9 Å². The lowest BCUT2D eigenvalue weighted by Gasteiger charge is -2.38. The molecule has 3 aliphatic rings. The average Bonchev–Trinajstić information content (AvgIpc) is 3.33. The first kappa shape index (κ1) is 16.2. The smallest absolute Gasteiger partial charge is 0.289 e. The summed E-state index contributed by atoms with van der Waals surface area (Å²) < 4.78 is 5.25. The molecule has 0 radical (unpaired) electrons. The molecule has 1 saturated heterocycles. The van der Waals surface area contributed by atoms with E-state index in [9.17, 15) is 4.79 Å². The lowest BCUT2D eigenvalue weighted by Crippen LogP contribution is -2.50. The Balaban J connectivity index is 1.29. The summed E-state index contributed by atoms with van der Waals surface area (Å²) >= 11 is 0. The maximum atomic E-state index is 12.4. The number of hydrogen-bond acceptors (Lipinski definition) is 3. The minimum Gasteiger partial charge on any atom is -0.459 e. The highest BCUT2D eigenvalue weighted by molar-refractivity contribution is 5.91. The molecule has 3 fully saturated rings. The number of rotatable bonds is 5. The molecule has 1 N–H and O–H groups in total. The molecule has 2 saturated carbocycles. The summed E-state index contributed by atoms with van der Waals surface area (Å²) in [6.45, 7) is 1.69. The number of piperidine rings is 1. The zero-order valence-corrected chi connectivity index (χ0v) is 14.6. The predicted molar refractivity (Wildman–Crippen MR) is 93.9 cm³/mol. The maximum Gasteiger partial charge on any atom is 0.289 e. The minimum atomic E-state index is 0.0458. The molecule has 1 aromatic rings. The Kier molecular flexibility index (Phi) is 4.93. The quantitative estimate of drug-likeness (QED) is 0.892. The van der Waals surface area contributed by atoms with Crippen molar-refractivity contribution in [3.63, 3.8) is 0 Å². The van der Waals surface area contributed by atoms with Gasteiger partial charge in [-0.2, -0.15) is 0 Å². The summed E-state index contributed by atoms with van der Waals surface area (Å²) in [5.74, 6) is 2.34. The van der Waals surface area contributed by atoms with Crippen LogP contribution in [0.1, 0.15) is 68.3 Å². The number of furan rings is 1. The molecule has 4 nitrogen and oxygen atoms in total. The van der Waals surface area contributed by atoms with Crippen molar-refractivity contribution in [3.05, 3.63) is 24.2 Å². The number of carbonyl (C=O) groups excluding carboxylic acids is 1. The van der Waals surface area contributed by atoms with Gasteiger partial charge in [-0.25, -0.2) is 0 Å². The molecule has 1 aromatic heterocycles. The van der Waals surface area contributed by atoms with Gasteiger partial charge in [-0.15, -0.1) is 0 Å². The lowest BCUT2D eigenvalue weighted by molar-refractivity contribution is 0.0662. The first-order valence-corrected chi connectivity index (χ1v) is 9.90. The van der Waals surface area contributed by atoms with Crippen LogP contribution in [0.5, 0.6) is 0 Å². The summed E-state index contributed by atoms with van der Waals surface area (Å²) in [4.78, 5) is 14.3. The van der Waals surface area contributed by atoms with Gasteiger partial charge in [0.2, 0.25) is 0 Å². The topological polar surface area (TPSA) is 45.5 Å². The highest BCUT2D eigenvalue weighted by Gasteiger charge is 2.38. The van der Waals surface area contributed by atoms with Gasteiger partial charge in [0.25, 0.3) is 5.91 Å². The van der Waals surface area contributed by atoms with Gasteiger partial charge in [0.1, 0.15) is 0 Å². The fourth-order valence-electron chi connectivity index (χ4n) is 4.68. The van der Waals surface area contributed by atoms with Crippen LogP contribution < -0.4 is 5.32 Å². The van der Waals surface area contributed by atoms with Gasteiger partial charge in [0.05, 0.1) is 6.26 Å². The summed E-state index contributed by atoms with van der Waals surface area (Å²) in [7, 11) is 0. The van der Waals surface area contributed by atoms with Crippen molar-refractivity contribution < 1.29 is 9.21 Å². The first-order valence-electron chi connectivity index (χ1n) is 9.90. The molecular formula is C20H30N2O2. The van der Waals surface area contributed by atoms with Crippen LogP contribution in [0.25, 0.3) is 0 Å². The summed E-state index contributed by atoms with van der Waals surface area (Å²) in [6, 6.07) is 4.87. The molecule has 1 aliphatic heterocycles. The average molecular weight is 330 g/mol. The largest absolute Gasteiger partial charge is 0.459 e. The summed E-state index contributed by atoms with van der Waals surface area (Å²) in [6.07, 6.45) is 13.7. The molecule has 2 aliphatic carbocycles. The van der Waals surface area contributed by atoms with Gasteiger partial charge in [-0.1, -0.05) is 19.3 Å². The second-order valence-electron chi connectivity index (χ2n) is 7.97. The number of nitrogens with one attached hydrogen (secondary N) is 1. The molecule has 1 amide bonds. The zero-order valence-electron chi connectivity index (χ0n) is 14.6. The van der Waals surface area contributed by atoms with Crippen molar-refractivity contribution in [2.24, 2.45) is 11.8 Å². The van der Waals surface area contributed by atoms with Crippen LogP contribution in [0.15, 0.2) is 22.8 Å². The van der Waals surface area contributed by atoms with Crippen molar-refractivity contribution in [2.45, 2.75) is 69.9 Å². The number of likely N-dealkylation sites (tertiary alicyclic amines) is 1. The predicted octanol–water partition coefficient (Wildman–Crippen LogP) is 3.83. The van der Waals surface area contributed by atoms with Crippen LogP contribution in [0.4, 0.5) is 0 Å². The summed E-state index contributed by atoms with van der Waals surface area (Å²) in [5.41, 5.74) is 0. The van der Waals surface area contributed by atoms with Gasteiger partial charge < -0.3 is 14.6 Å². The van der Waals surface area contributed by atoms with Crippen LogP contribution in [-0.2, 0) is 0 Å². The molecule has 132 valence electrons. The number of hydrogen-bond donors (Lipinski definition) is 1. The Labute approximate surface area is 145 Å². The molecule has 0 aromatic carbocycles. The van der Waals surface area contributed by atoms with Crippen LogP contribution in [0, 0.1) is 11.8 Å². The van der Waals surface area contributed by atoms with Gasteiger partial charge >= 0.3 is 0 Å². The Morgan fingerprint density at radius 2 is 1.75 bits per heavy atom. The van der Waals surface area contributed by atoms with E-state index in [4.69, 9.17) is 4.42 Å². The van der Waals surface area contributed by atoms with Gasteiger partial charge in [-0.3, -0.25) is 4.79 Å². The maximum absolute atomic E-state index is 12.4. The molecular weight excluding hydrogens is 300 g/mol. The number of amides is 1. The summed E-state index contributed by atoms with van der Waals surface area (Å²) in [5, 5.41) is 4.02. The van der Waals surface area contributed by atoms with Crippen LogP contribution in [-0.4, -0.2) is 36.0 Å². The third kappa shape index (κ3) is 3.69. The van der Waals surface area contributed by atoms with Gasteiger partial charge in [0, 0.05) is 25.2 Å². The number of carbonyl (C=O) groups is 1. The molecule has 0 bridgehead atoms.